The van der Waals surface area contributed by atoms with Crippen LogP contribution in [0.4, 0.5) is 26.5 Å². The number of halogens is 1. The van der Waals surface area contributed by atoms with Gasteiger partial charge >= 0.3 is 6.03 Å². The van der Waals surface area contributed by atoms with E-state index in [0.717, 1.165) is 37.7 Å². The lowest BCUT2D eigenvalue weighted by Crippen LogP contribution is -2.48. The molecule has 0 spiro atoms. The van der Waals surface area contributed by atoms with Gasteiger partial charge in [-0.2, -0.15) is 0 Å². The van der Waals surface area contributed by atoms with E-state index in [4.69, 9.17) is 0 Å². The third-order valence-corrected chi connectivity index (χ3v) is 5.61. The summed E-state index contributed by atoms with van der Waals surface area (Å²) in [6, 6.07) is 5.78. The van der Waals surface area contributed by atoms with Crippen LogP contribution >= 0.6 is 0 Å². The lowest BCUT2D eigenvalue weighted by Gasteiger charge is -2.35. The highest BCUT2D eigenvalue weighted by Crippen LogP contribution is 2.39. The number of rotatable bonds is 4. The molecule has 2 aromatic rings. The Morgan fingerprint density at radius 3 is 2.79 bits per heavy atom. The van der Waals surface area contributed by atoms with Crippen molar-refractivity contribution in [3.05, 3.63) is 42.0 Å². The van der Waals surface area contributed by atoms with Crippen LogP contribution in [0.25, 0.3) is 0 Å². The third kappa shape index (κ3) is 3.48. The zero-order valence-corrected chi connectivity index (χ0v) is 15.8. The van der Waals surface area contributed by atoms with Crippen LogP contribution in [0.1, 0.15) is 29.8 Å². The molecule has 9 heteroatoms. The van der Waals surface area contributed by atoms with E-state index in [0.29, 0.717) is 30.5 Å². The van der Waals surface area contributed by atoms with E-state index < -0.39 is 5.82 Å². The third-order valence-electron chi connectivity index (χ3n) is 5.61. The minimum Gasteiger partial charge on any atom is -0.366 e. The van der Waals surface area contributed by atoms with Gasteiger partial charge in [0.2, 0.25) is 0 Å². The number of hydrogen-bond donors (Lipinski definition) is 2. The summed E-state index contributed by atoms with van der Waals surface area (Å²) >= 11 is 0. The average Bonchev–Trinajstić information content (AvgIpc) is 3.47. The lowest BCUT2D eigenvalue weighted by atomic mass is 10.1. The molecule has 1 aliphatic carbocycles. The van der Waals surface area contributed by atoms with Crippen molar-refractivity contribution in [3.8, 4) is 0 Å². The van der Waals surface area contributed by atoms with E-state index in [-0.39, 0.29) is 23.8 Å². The number of pyridine rings is 2. The zero-order valence-electron chi connectivity index (χ0n) is 15.8. The molecular weight excluding hydrogens is 375 g/mol. The van der Waals surface area contributed by atoms with Gasteiger partial charge in [0.1, 0.15) is 17.3 Å². The minimum absolute atomic E-state index is 0.0415. The van der Waals surface area contributed by atoms with Gasteiger partial charge in [-0.25, -0.2) is 19.2 Å². The predicted octanol–water partition coefficient (Wildman–Crippen LogP) is 2.39. The van der Waals surface area contributed by atoms with Gasteiger partial charge in [0.15, 0.2) is 5.82 Å². The molecule has 2 aromatic heterocycles. The van der Waals surface area contributed by atoms with Crippen LogP contribution in [0.5, 0.6) is 0 Å². The van der Waals surface area contributed by atoms with Crippen molar-refractivity contribution in [1.29, 1.82) is 0 Å². The highest BCUT2D eigenvalue weighted by atomic mass is 19.1. The Hall–Kier alpha value is -3.23. The number of nitrogens with zero attached hydrogens (tertiary/aromatic N) is 4. The molecule has 29 heavy (non-hydrogen) atoms. The fourth-order valence-electron chi connectivity index (χ4n) is 3.87. The van der Waals surface area contributed by atoms with Crippen LogP contribution in [0.15, 0.2) is 30.5 Å². The largest absolute Gasteiger partial charge is 0.366 e. The van der Waals surface area contributed by atoms with Crippen LogP contribution in [0.3, 0.4) is 0 Å². The van der Waals surface area contributed by atoms with Gasteiger partial charge in [0, 0.05) is 19.6 Å². The topological polar surface area (TPSA) is 90.5 Å². The first-order valence-electron chi connectivity index (χ1n) is 9.84. The second kappa shape index (κ2) is 6.98. The molecular formula is C20H21FN6O2. The van der Waals surface area contributed by atoms with Gasteiger partial charge in [-0.15, -0.1) is 0 Å². The van der Waals surface area contributed by atoms with E-state index in [2.05, 4.69) is 25.5 Å². The van der Waals surface area contributed by atoms with Crippen LogP contribution in [0.2, 0.25) is 0 Å². The minimum atomic E-state index is -0.471. The quantitative estimate of drug-likeness (QED) is 0.828. The SMILES string of the molecule is O=C(NCC1CC1)c1ccc2c(n1)N(C(=O)Nc1ccc(F)cn1)[C@H]1CCN2C1. The molecule has 0 aromatic carbocycles. The maximum Gasteiger partial charge on any atom is 0.329 e. The Balaban J connectivity index is 1.42. The first-order valence-corrected chi connectivity index (χ1v) is 9.84. The van der Waals surface area contributed by atoms with E-state index in [1.165, 1.54) is 12.1 Å². The van der Waals surface area contributed by atoms with Crippen molar-refractivity contribution in [2.45, 2.75) is 25.3 Å². The van der Waals surface area contributed by atoms with Crippen molar-refractivity contribution in [1.82, 2.24) is 15.3 Å². The molecule has 2 fully saturated rings. The highest BCUT2D eigenvalue weighted by molar-refractivity contribution is 6.05. The second-order valence-corrected chi connectivity index (χ2v) is 7.74. The van der Waals surface area contributed by atoms with E-state index >= 15 is 0 Å². The summed E-state index contributed by atoms with van der Waals surface area (Å²) in [6.07, 6.45) is 4.17. The molecule has 0 unspecified atom stereocenters. The molecule has 1 atom stereocenters. The van der Waals surface area contributed by atoms with Gasteiger partial charge in [-0.05, 0) is 49.4 Å². The monoisotopic (exact) mass is 396 g/mol. The molecule has 1 saturated carbocycles. The standard InChI is InChI=1S/C20H21FN6O2/c21-13-3-6-17(22-10-13)25-20(29)27-14-7-8-26(11-14)16-5-4-15(24-18(16)27)19(28)23-9-12-1-2-12/h3-6,10,12,14H,1-2,7-9,11H2,(H,23,28)(H,22,25,29)/t14-/m0/s1. The molecule has 1 saturated heterocycles. The average molecular weight is 396 g/mol. The Labute approximate surface area is 167 Å². The van der Waals surface area contributed by atoms with Crippen molar-refractivity contribution < 1.29 is 14.0 Å². The Morgan fingerprint density at radius 1 is 1.17 bits per heavy atom. The Morgan fingerprint density at radius 2 is 2.03 bits per heavy atom. The number of urea groups is 1. The van der Waals surface area contributed by atoms with Crippen molar-refractivity contribution in [3.63, 3.8) is 0 Å². The van der Waals surface area contributed by atoms with Crippen molar-refractivity contribution >= 4 is 29.3 Å². The Bertz CT molecular complexity index is 962. The van der Waals surface area contributed by atoms with Crippen LogP contribution in [-0.2, 0) is 0 Å². The van der Waals surface area contributed by atoms with Gasteiger partial charge in [-0.3, -0.25) is 15.0 Å². The molecule has 2 bridgehead atoms. The number of anilines is 3. The van der Waals surface area contributed by atoms with Crippen molar-refractivity contribution in [2.75, 3.05) is 34.8 Å². The number of carbonyl (C=O) groups excluding carboxylic acids is 2. The maximum atomic E-state index is 13.1. The fourth-order valence-corrected chi connectivity index (χ4v) is 3.87. The van der Waals surface area contributed by atoms with Crippen LogP contribution < -0.4 is 20.4 Å². The Kier molecular flexibility index (Phi) is 4.30. The number of hydrogen-bond acceptors (Lipinski definition) is 5. The van der Waals surface area contributed by atoms with Crippen LogP contribution in [-0.4, -0.2) is 47.6 Å². The number of amides is 3. The number of carbonyl (C=O) groups is 2. The number of fused-ring (bicyclic) bond motifs is 4. The number of aromatic nitrogens is 2. The zero-order chi connectivity index (χ0) is 20.0. The fraction of sp³-hybridized carbons (Fsp3) is 0.400. The van der Waals surface area contributed by atoms with Crippen molar-refractivity contribution in [2.24, 2.45) is 5.92 Å². The summed E-state index contributed by atoms with van der Waals surface area (Å²) in [5, 5.41) is 5.63. The maximum absolute atomic E-state index is 13.1. The normalized spacial score (nSPS) is 19.7. The van der Waals surface area contributed by atoms with Gasteiger partial charge in [-0.1, -0.05) is 0 Å². The summed E-state index contributed by atoms with van der Waals surface area (Å²) in [6.45, 7) is 2.20. The predicted molar refractivity (Wildman–Crippen MR) is 106 cm³/mol. The van der Waals surface area contributed by atoms with E-state index in [1.54, 1.807) is 11.0 Å². The number of nitrogens with one attached hydrogen (secondary N) is 2. The molecule has 5 rings (SSSR count). The highest BCUT2D eigenvalue weighted by Gasteiger charge is 2.40. The summed E-state index contributed by atoms with van der Waals surface area (Å²) in [5.41, 5.74) is 1.13. The molecule has 0 radical (unpaired) electrons. The smallest absolute Gasteiger partial charge is 0.329 e. The summed E-state index contributed by atoms with van der Waals surface area (Å²) in [7, 11) is 0. The van der Waals surface area contributed by atoms with E-state index in [9.17, 15) is 14.0 Å². The van der Waals surface area contributed by atoms with Gasteiger partial charge < -0.3 is 10.2 Å². The lowest BCUT2D eigenvalue weighted by molar-refractivity contribution is 0.0947. The van der Waals surface area contributed by atoms with Gasteiger partial charge in [0.25, 0.3) is 5.91 Å². The molecule has 2 N–H and O–H groups in total. The van der Waals surface area contributed by atoms with Crippen LogP contribution in [0, 0.1) is 11.7 Å². The first-order chi connectivity index (χ1) is 14.1. The summed E-state index contributed by atoms with van der Waals surface area (Å²) in [5.74, 6) is 0.604. The molecule has 4 heterocycles. The molecule has 2 aliphatic heterocycles. The molecule has 3 amide bonds. The molecule has 150 valence electrons. The summed E-state index contributed by atoms with van der Waals surface area (Å²) < 4.78 is 13.1. The summed E-state index contributed by atoms with van der Waals surface area (Å²) in [4.78, 5) is 37.7. The molecule has 8 nitrogen and oxygen atoms in total. The first kappa shape index (κ1) is 17.8. The molecule has 3 aliphatic rings. The van der Waals surface area contributed by atoms with E-state index in [1.807, 2.05) is 6.07 Å². The van der Waals surface area contributed by atoms with Gasteiger partial charge in [0.05, 0.1) is 17.9 Å². The second-order valence-electron chi connectivity index (χ2n) is 7.74.